The molecule has 4 aromatic rings. The molecule has 8 heteroatoms. The monoisotopic (exact) mass is 440 g/mol. The summed E-state index contributed by atoms with van der Waals surface area (Å²) in [5.74, 6) is 0.400. The number of nitrogens with one attached hydrogen (secondary N) is 2. The fourth-order valence-corrected chi connectivity index (χ4v) is 3.83. The summed E-state index contributed by atoms with van der Waals surface area (Å²) in [4.78, 5) is 21.6. The molecule has 0 radical (unpaired) electrons. The van der Waals surface area contributed by atoms with Crippen molar-refractivity contribution in [2.24, 2.45) is 0 Å². The van der Waals surface area contributed by atoms with Crippen LogP contribution in [0.15, 0.2) is 67.0 Å². The second-order valence-corrected chi connectivity index (χ2v) is 7.88. The number of aromatic nitrogens is 2. The van der Waals surface area contributed by atoms with Crippen LogP contribution in [0, 0.1) is 0 Å². The van der Waals surface area contributed by atoms with E-state index in [9.17, 15) is 4.79 Å². The lowest BCUT2D eigenvalue weighted by molar-refractivity contribution is -0.111. The number of anilines is 3. The average Bonchev–Trinajstić information content (AvgIpc) is 3.13. The van der Waals surface area contributed by atoms with Crippen LogP contribution in [0.5, 0.6) is 0 Å². The van der Waals surface area contributed by atoms with Crippen molar-refractivity contribution in [2.75, 3.05) is 10.6 Å². The minimum atomic E-state index is -0.215. The zero-order valence-corrected chi connectivity index (χ0v) is 17.2. The normalized spacial score (nSPS) is 11.1. The van der Waals surface area contributed by atoms with Crippen LogP contribution < -0.4 is 10.6 Å². The number of halogens is 2. The van der Waals surface area contributed by atoms with Gasteiger partial charge in [0, 0.05) is 11.8 Å². The smallest absolute Gasteiger partial charge is 0.248 e. The van der Waals surface area contributed by atoms with E-state index in [4.69, 9.17) is 23.2 Å². The first kappa shape index (κ1) is 19.4. The van der Waals surface area contributed by atoms with E-state index in [1.165, 1.54) is 23.7 Å². The van der Waals surface area contributed by atoms with Crippen LogP contribution in [0.25, 0.3) is 16.3 Å². The molecule has 0 saturated carbocycles. The van der Waals surface area contributed by atoms with Crippen LogP contribution in [0.3, 0.4) is 0 Å². The van der Waals surface area contributed by atoms with Gasteiger partial charge < -0.3 is 10.6 Å². The molecule has 0 unspecified atom stereocenters. The van der Waals surface area contributed by atoms with E-state index in [1.807, 2.05) is 42.5 Å². The summed E-state index contributed by atoms with van der Waals surface area (Å²) in [5, 5.41) is 8.49. The molecule has 0 aliphatic rings. The maximum atomic E-state index is 12.2. The number of rotatable bonds is 5. The number of nitrogens with zero attached hydrogens (tertiary/aromatic N) is 2. The Morgan fingerprint density at radius 1 is 1.00 bits per heavy atom. The fraction of sp³-hybridized carbons (Fsp3) is 0. The van der Waals surface area contributed by atoms with Crippen molar-refractivity contribution < 1.29 is 4.79 Å². The molecule has 144 valence electrons. The number of thiophene rings is 1. The van der Waals surface area contributed by atoms with Crippen LogP contribution in [0.2, 0.25) is 10.0 Å². The lowest BCUT2D eigenvalue weighted by Crippen LogP contribution is -2.05. The third-order valence-corrected chi connectivity index (χ3v) is 5.68. The summed E-state index contributed by atoms with van der Waals surface area (Å²) in [6.07, 6.45) is 4.74. The Kier molecular flexibility index (Phi) is 5.76. The Balaban J connectivity index is 1.53. The van der Waals surface area contributed by atoms with Gasteiger partial charge in [-0.2, -0.15) is 0 Å². The molecular weight excluding hydrogens is 427 g/mol. The van der Waals surface area contributed by atoms with Crippen molar-refractivity contribution in [3.8, 4) is 0 Å². The number of hydrogen-bond donors (Lipinski definition) is 2. The van der Waals surface area contributed by atoms with Gasteiger partial charge in [-0.05, 0) is 35.9 Å². The predicted molar refractivity (Wildman–Crippen MR) is 121 cm³/mol. The summed E-state index contributed by atoms with van der Waals surface area (Å²) in [7, 11) is 0. The summed E-state index contributed by atoms with van der Waals surface area (Å²) >= 11 is 13.4. The first-order valence-corrected chi connectivity index (χ1v) is 10.2. The second kappa shape index (κ2) is 8.61. The molecule has 2 heterocycles. The van der Waals surface area contributed by atoms with Crippen molar-refractivity contribution in [3.63, 3.8) is 0 Å². The van der Waals surface area contributed by atoms with E-state index in [0.29, 0.717) is 20.9 Å². The molecule has 4 rings (SSSR count). The Hall–Kier alpha value is -2.93. The molecule has 29 heavy (non-hydrogen) atoms. The Morgan fingerprint density at radius 3 is 2.62 bits per heavy atom. The van der Waals surface area contributed by atoms with Gasteiger partial charge in [0.05, 0.1) is 20.4 Å². The van der Waals surface area contributed by atoms with Crippen molar-refractivity contribution in [1.82, 2.24) is 9.97 Å². The topological polar surface area (TPSA) is 66.9 Å². The maximum Gasteiger partial charge on any atom is 0.248 e. The van der Waals surface area contributed by atoms with E-state index in [2.05, 4.69) is 20.6 Å². The highest BCUT2D eigenvalue weighted by Crippen LogP contribution is 2.34. The van der Waals surface area contributed by atoms with E-state index in [1.54, 1.807) is 18.2 Å². The molecule has 0 spiro atoms. The van der Waals surface area contributed by atoms with E-state index in [-0.39, 0.29) is 5.91 Å². The van der Waals surface area contributed by atoms with Gasteiger partial charge in [0.15, 0.2) is 0 Å². The lowest BCUT2D eigenvalue weighted by Gasteiger charge is -2.07. The van der Waals surface area contributed by atoms with Crippen LogP contribution >= 0.6 is 34.5 Å². The standard InChI is InChI=1S/C21H14Cl2N4OS/c22-16-8-7-14(10-17(16)23)26-20-15-11-19(29-21(15)25-12-24-20)27-18(28)9-6-13-4-2-1-3-5-13/h1-12H,(H,27,28)(H,24,25,26)/b9-6+. The fourth-order valence-electron chi connectivity index (χ4n) is 2.63. The van der Waals surface area contributed by atoms with E-state index >= 15 is 0 Å². The SMILES string of the molecule is O=C(/C=C/c1ccccc1)Nc1cc2c(Nc3ccc(Cl)c(Cl)c3)ncnc2s1. The molecule has 2 aromatic heterocycles. The van der Waals surface area contributed by atoms with Gasteiger partial charge in [0.1, 0.15) is 17.0 Å². The minimum Gasteiger partial charge on any atom is -0.340 e. The molecule has 0 aliphatic heterocycles. The quantitative estimate of drug-likeness (QED) is 0.352. The molecule has 0 atom stereocenters. The molecule has 5 nitrogen and oxygen atoms in total. The number of carbonyl (C=O) groups excluding carboxylic acids is 1. The van der Waals surface area contributed by atoms with Gasteiger partial charge in [0.25, 0.3) is 0 Å². The lowest BCUT2D eigenvalue weighted by atomic mass is 10.2. The van der Waals surface area contributed by atoms with Crippen LogP contribution in [-0.4, -0.2) is 15.9 Å². The third-order valence-electron chi connectivity index (χ3n) is 3.98. The summed E-state index contributed by atoms with van der Waals surface area (Å²) in [6, 6.07) is 16.7. The predicted octanol–water partition coefficient (Wildman–Crippen LogP) is 6.39. The van der Waals surface area contributed by atoms with Gasteiger partial charge >= 0.3 is 0 Å². The van der Waals surface area contributed by atoms with Crippen LogP contribution in [0.4, 0.5) is 16.5 Å². The maximum absolute atomic E-state index is 12.2. The number of amides is 1. The van der Waals surface area contributed by atoms with Crippen molar-refractivity contribution in [3.05, 3.63) is 82.6 Å². The third kappa shape index (κ3) is 4.74. The van der Waals surface area contributed by atoms with Crippen LogP contribution in [0.1, 0.15) is 5.56 Å². The van der Waals surface area contributed by atoms with E-state index < -0.39 is 0 Å². The number of benzene rings is 2. The van der Waals surface area contributed by atoms with Crippen LogP contribution in [-0.2, 0) is 4.79 Å². The van der Waals surface area contributed by atoms with Crippen molar-refractivity contribution >= 4 is 73.2 Å². The zero-order valence-electron chi connectivity index (χ0n) is 14.9. The summed E-state index contributed by atoms with van der Waals surface area (Å²) in [6.45, 7) is 0. The molecule has 2 aromatic carbocycles. The van der Waals surface area contributed by atoms with Gasteiger partial charge in [0.2, 0.25) is 5.91 Å². The first-order chi connectivity index (χ1) is 14.1. The molecular formula is C21H14Cl2N4OS. The number of fused-ring (bicyclic) bond motifs is 1. The van der Waals surface area contributed by atoms with Crippen molar-refractivity contribution in [2.45, 2.75) is 0 Å². The molecule has 1 amide bonds. The Labute approximate surface area is 181 Å². The van der Waals surface area contributed by atoms with Gasteiger partial charge in [-0.3, -0.25) is 4.79 Å². The summed E-state index contributed by atoms with van der Waals surface area (Å²) < 4.78 is 0. The first-order valence-electron chi connectivity index (χ1n) is 8.59. The highest BCUT2D eigenvalue weighted by Gasteiger charge is 2.11. The summed E-state index contributed by atoms with van der Waals surface area (Å²) in [5.41, 5.74) is 1.71. The average molecular weight is 441 g/mol. The molecule has 0 saturated heterocycles. The van der Waals surface area contributed by atoms with Gasteiger partial charge in [-0.15, -0.1) is 0 Å². The van der Waals surface area contributed by atoms with E-state index in [0.717, 1.165) is 21.5 Å². The number of carbonyl (C=O) groups is 1. The minimum absolute atomic E-state index is 0.215. The highest BCUT2D eigenvalue weighted by atomic mass is 35.5. The van der Waals surface area contributed by atoms with Crippen molar-refractivity contribution in [1.29, 1.82) is 0 Å². The van der Waals surface area contributed by atoms with Gasteiger partial charge in [-0.1, -0.05) is 64.9 Å². The number of hydrogen-bond acceptors (Lipinski definition) is 5. The Bertz CT molecular complexity index is 1210. The Morgan fingerprint density at radius 2 is 1.83 bits per heavy atom. The molecule has 2 N–H and O–H groups in total. The molecule has 0 bridgehead atoms. The second-order valence-electron chi connectivity index (χ2n) is 6.04. The van der Waals surface area contributed by atoms with Gasteiger partial charge in [-0.25, -0.2) is 9.97 Å². The molecule has 0 fully saturated rings. The molecule has 0 aliphatic carbocycles. The highest BCUT2D eigenvalue weighted by molar-refractivity contribution is 7.22. The zero-order chi connectivity index (χ0) is 20.2. The largest absolute Gasteiger partial charge is 0.340 e.